The second-order valence-corrected chi connectivity index (χ2v) is 4.98. The van der Waals surface area contributed by atoms with E-state index in [9.17, 15) is 3.07 Å². The van der Waals surface area contributed by atoms with Gasteiger partial charge in [0.2, 0.25) is 0 Å². The summed E-state index contributed by atoms with van der Waals surface area (Å²) < 4.78 is 16.3. The summed E-state index contributed by atoms with van der Waals surface area (Å²) in [5.41, 5.74) is 0. The van der Waals surface area contributed by atoms with Crippen LogP contribution >= 0.6 is 21.2 Å². The molecule has 3 atom stereocenters. The van der Waals surface area contributed by atoms with Crippen LogP contribution in [0.25, 0.3) is 0 Å². The van der Waals surface area contributed by atoms with E-state index in [1.807, 2.05) is 0 Å². The van der Waals surface area contributed by atoms with E-state index < -0.39 is 21.2 Å². The Labute approximate surface area is 64.6 Å². The van der Waals surface area contributed by atoms with E-state index in [1.165, 1.54) is 0 Å². The predicted octanol–water partition coefficient (Wildman–Crippen LogP) is 1.62. The summed E-state index contributed by atoms with van der Waals surface area (Å²) >= 11 is -0.744. The van der Waals surface area contributed by atoms with Crippen LogP contribution in [0.4, 0.5) is 0 Å². The van der Waals surface area contributed by atoms with Crippen LogP contribution in [0.15, 0.2) is 0 Å². The first kappa shape index (κ1) is 6.22. The molecule has 2 fully saturated rings. The number of hydrogen-bond acceptors (Lipinski definition) is 2. The summed E-state index contributed by atoms with van der Waals surface area (Å²) in [6.45, 7) is 0. The van der Waals surface area contributed by atoms with E-state index in [0.717, 1.165) is 19.3 Å². The average molecular weight is 240 g/mol. The summed E-state index contributed by atoms with van der Waals surface area (Å²) in [6.07, 6.45) is 4.48. The monoisotopic (exact) mass is 240 g/mol. The number of hydrogen-bond donors (Lipinski definition) is 0. The van der Waals surface area contributed by atoms with Crippen molar-refractivity contribution in [2.24, 2.45) is 0 Å². The largest absolute Gasteiger partial charge is 0.370 e. The van der Waals surface area contributed by atoms with E-state index >= 15 is 0 Å². The molecule has 1 aliphatic carbocycles. The van der Waals surface area contributed by atoms with E-state index in [1.54, 1.807) is 0 Å². The van der Waals surface area contributed by atoms with Gasteiger partial charge in [0.25, 0.3) is 0 Å². The van der Waals surface area contributed by atoms with Crippen LogP contribution in [0.5, 0.6) is 0 Å². The molecular formula is C6H9IO2. The third kappa shape index (κ3) is 1.17. The SMILES string of the molecule is O=IC1CCC2OC2C1. The second-order valence-electron chi connectivity index (χ2n) is 2.71. The van der Waals surface area contributed by atoms with Crippen LogP contribution in [0.1, 0.15) is 19.3 Å². The van der Waals surface area contributed by atoms with E-state index in [2.05, 4.69) is 0 Å². The third-order valence-electron chi connectivity index (χ3n) is 2.07. The molecule has 9 heavy (non-hydrogen) atoms. The number of rotatable bonds is 1. The fourth-order valence-electron chi connectivity index (χ4n) is 1.44. The molecule has 52 valence electrons. The molecule has 0 radical (unpaired) electrons. The Morgan fingerprint density at radius 1 is 1.33 bits per heavy atom. The summed E-state index contributed by atoms with van der Waals surface area (Å²) in [7, 11) is 0. The van der Waals surface area contributed by atoms with Gasteiger partial charge in [-0.3, -0.25) is 3.07 Å². The fraction of sp³-hybridized carbons (Fsp3) is 1.00. The van der Waals surface area contributed by atoms with Crippen molar-refractivity contribution in [3.8, 4) is 0 Å². The maximum Gasteiger partial charge on any atom is 0.147 e. The second kappa shape index (κ2) is 2.27. The molecule has 1 saturated carbocycles. The molecule has 3 unspecified atom stereocenters. The maximum absolute atomic E-state index is 10.5. The Balaban J connectivity index is 1.93. The van der Waals surface area contributed by atoms with Crippen molar-refractivity contribution in [3.05, 3.63) is 0 Å². The zero-order valence-electron chi connectivity index (χ0n) is 5.05. The normalized spacial score (nSPS) is 48.2. The van der Waals surface area contributed by atoms with Crippen LogP contribution in [0.2, 0.25) is 0 Å². The number of epoxide rings is 1. The summed E-state index contributed by atoms with van der Waals surface area (Å²) in [6, 6.07) is 0. The minimum absolute atomic E-state index is 0.511. The first-order valence-corrected chi connectivity index (χ1v) is 5.44. The van der Waals surface area contributed by atoms with Crippen molar-refractivity contribution in [2.45, 2.75) is 35.4 Å². The van der Waals surface area contributed by atoms with Crippen LogP contribution in [-0.2, 0) is 7.81 Å². The van der Waals surface area contributed by atoms with Gasteiger partial charge < -0.3 is 4.74 Å². The quantitative estimate of drug-likeness (QED) is 0.396. The average Bonchev–Trinajstić information content (AvgIpc) is 2.64. The molecule has 2 rings (SSSR count). The molecule has 2 nitrogen and oxygen atoms in total. The molecular weight excluding hydrogens is 231 g/mol. The Morgan fingerprint density at radius 2 is 2.22 bits per heavy atom. The lowest BCUT2D eigenvalue weighted by Crippen LogP contribution is -2.12. The van der Waals surface area contributed by atoms with Gasteiger partial charge in [-0.1, -0.05) is 0 Å². The number of halogens is 1. The standard InChI is InChI=1S/C6H9IO2/c8-7-4-1-2-5-6(3-4)9-5/h4-6H,1-3H2. The molecule has 0 aromatic carbocycles. The van der Waals surface area contributed by atoms with Gasteiger partial charge in [0, 0.05) is 3.92 Å². The van der Waals surface area contributed by atoms with Crippen molar-refractivity contribution in [3.63, 3.8) is 0 Å². The topological polar surface area (TPSA) is 29.6 Å². The maximum atomic E-state index is 10.5. The van der Waals surface area contributed by atoms with Gasteiger partial charge in [-0.15, -0.1) is 0 Å². The van der Waals surface area contributed by atoms with Gasteiger partial charge >= 0.3 is 0 Å². The van der Waals surface area contributed by atoms with Gasteiger partial charge in [0.15, 0.2) is 0 Å². The van der Waals surface area contributed by atoms with Crippen molar-refractivity contribution in [2.75, 3.05) is 0 Å². The summed E-state index contributed by atoms with van der Waals surface area (Å²) in [5, 5.41) is 0. The smallest absolute Gasteiger partial charge is 0.147 e. The Kier molecular flexibility index (Phi) is 1.57. The van der Waals surface area contributed by atoms with E-state index in [4.69, 9.17) is 4.74 Å². The van der Waals surface area contributed by atoms with Gasteiger partial charge in [0.1, 0.15) is 21.2 Å². The van der Waals surface area contributed by atoms with Crippen LogP contribution in [0, 0.1) is 0 Å². The minimum atomic E-state index is -0.744. The number of alkyl halides is 1. The zero-order chi connectivity index (χ0) is 6.27. The highest BCUT2D eigenvalue weighted by Gasteiger charge is 2.43. The minimum Gasteiger partial charge on any atom is -0.370 e. The summed E-state index contributed by atoms with van der Waals surface area (Å²) in [5.74, 6) is 0. The molecule has 2 aliphatic rings. The van der Waals surface area contributed by atoms with Crippen LogP contribution < -0.4 is 0 Å². The first-order chi connectivity index (χ1) is 4.40. The molecule has 0 spiro atoms. The predicted molar refractivity (Wildman–Crippen MR) is 41.0 cm³/mol. The van der Waals surface area contributed by atoms with Crippen LogP contribution in [-0.4, -0.2) is 16.1 Å². The fourth-order valence-corrected chi connectivity index (χ4v) is 2.76. The molecule has 1 saturated heterocycles. The lowest BCUT2D eigenvalue weighted by molar-refractivity contribution is 0.373. The van der Waals surface area contributed by atoms with Gasteiger partial charge in [0.05, 0.1) is 12.2 Å². The molecule has 0 bridgehead atoms. The molecule has 0 aromatic heterocycles. The highest BCUT2D eigenvalue weighted by atomic mass is 127. The van der Waals surface area contributed by atoms with Gasteiger partial charge in [-0.25, -0.2) is 0 Å². The van der Waals surface area contributed by atoms with Crippen LogP contribution in [0.3, 0.4) is 0 Å². The molecule has 0 aromatic rings. The molecule has 1 aliphatic heterocycles. The van der Waals surface area contributed by atoms with Gasteiger partial charge in [-0.05, 0) is 19.3 Å². The Morgan fingerprint density at radius 3 is 2.89 bits per heavy atom. The molecule has 0 N–H and O–H groups in total. The Bertz CT molecular complexity index is 137. The molecule has 1 heterocycles. The van der Waals surface area contributed by atoms with Crippen molar-refractivity contribution >= 4 is 21.2 Å². The van der Waals surface area contributed by atoms with Crippen molar-refractivity contribution < 1.29 is 7.81 Å². The first-order valence-electron chi connectivity index (χ1n) is 3.31. The van der Waals surface area contributed by atoms with Crippen molar-refractivity contribution in [1.29, 1.82) is 0 Å². The van der Waals surface area contributed by atoms with E-state index in [0.29, 0.717) is 16.1 Å². The van der Waals surface area contributed by atoms with Gasteiger partial charge in [-0.2, -0.15) is 0 Å². The number of ether oxygens (including phenoxy) is 1. The van der Waals surface area contributed by atoms with E-state index in [-0.39, 0.29) is 0 Å². The number of fused-ring (bicyclic) bond motifs is 1. The lowest BCUT2D eigenvalue weighted by atomic mass is 10.0. The highest BCUT2D eigenvalue weighted by molar-refractivity contribution is 14.1. The molecule has 0 amide bonds. The summed E-state index contributed by atoms with van der Waals surface area (Å²) in [4.78, 5) is 0. The Hall–Kier alpha value is 0.490. The molecule has 3 heteroatoms. The van der Waals surface area contributed by atoms with Crippen molar-refractivity contribution in [1.82, 2.24) is 0 Å². The highest BCUT2D eigenvalue weighted by Crippen LogP contribution is 2.40. The lowest BCUT2D eigenvalue weighted by Gasteiger charge is -2.09. The zero-order valence-corrected chi connectivity index (χ0v) is 7.21. The third-order valence-corrected chi connectivity index (χ3v) is 3.92.